The molecule has 2 aromatic rings. The van der Waals surface area contributed by atoms with Crippen molar-refractivity contribution in [3.05, 3.63) is 35.7 Å². The second-order valence-electron chi connectivity index (χ2n) is 4.85. The van der Waals surface area contributed by atoms with Crippen molar-refractivity contribution in [3.63, 3.8) is 0 Å². The molecule has 0 spiro atoms. The topological polar surface area (TPSA) is 25.8 Å². The predicted octanol–water partition coefficient (Wildman–Crippen LogP) is 3.88. The summed E-state index contributed by atoms with van der Waals surface area (Å²) in [6, 6.07) is 6.34. The van der Waals surface area contributed by atoms with Crippen LogP contribution in [0.4, 0.5) is 0 Å². The minimum atomic E-state index is 0.430. The maximum absolute atomic E-state index is 4.66. The summed E-state index contributed by atoms with van der Waals surface area (Å²) < 4.78 is 0. The van der Waals surface area contributed by atoms with Crippen LogP contribution in [0.1, 0.15) is 50.8 Å². The minimum absolute atomic E-state index is 0.430. The number of rotatable bonds is 2. The molecule has 0 radical (unpaired) electrons. The molecule has 1 aromatic heterocycles. The van der Waals surface area contributed by atoms with Gasteiger partial charge in [-0.15, -0.1) is 0 Å². The fourth-order valence-corrected chi connectivity index (χ4v) is 1.68. The molecule has 1 aromatic carbocycles. The highest BCUT2D eigenvalue weighted by atomic mass is 14.8. The van der Waals surface area contributed by atoms with E-state index >= 15 is 0 Å². The van der Waals surface area contributed by atoms with Gasteiger partial charge < -0.3 is 0 Å². The fourth-order valence-electron chi connectivity index (χ4n) is 1.68. The molecule has 1 heterocycles. The Kier molecular flexibility index (Phi) is 2.90. The Balaban J connectivity index is 2.56. The van der Waals surface area contributed by atoms with Crippen molar-refractivity contribution < 1.29 is 0 Å². The first kappa shape index (κ1) is 11.1. The van der Waals surface area contributed by atoms with E-state index in [9.17, 15) is 0 Å². The van der Waals surface area contributed by atoms with Gasteiger partial charge in [0.2, 0.25) is 0 Å². The van der Waals surface area contributed by atoms with E-state index in [1.807, 2.05) is 6.20 Å². The van der Waals surface area contributed by atoms with Gasteiger partial charge in [-0.05, 0) is 29.5 Å². The highest BCUT2D eigenvalue weighted by Gasteiger charge is 2.05. The van der Waals surface area contributed by atoms with Gasteiger partial charge in [0.05, 0.1) is 16.7 Å². The zero-order valence-electron chi connectivity index (χ0n) is 10.4. The van der Waals surface area contributed by atoms with Crippen molar-refractivity contribution in [2.45, 2.75) is 39.5 Å². The lowest BCUT2D eigenvalue weighted by atomic mass is 10.0. The van der Waals surface area contributed by atoms with E-state index in [1.165, 1.54) is 5.56 Å². The predicted molar refractivity (Wildman–Crippen MR) is 67.7 cm³/mol. The summed E-state index contributed by atoms with van der Waals surface area (Å²) in [5.74, 6) is 0.966. The summed E-state index contributed by atoms with van der Waals surface area (Å²) in [6.45, 7) is 8.67. The van der Waals surface area contributed by atoms with Crippen molar-refractivity contribution in [3.8, 4) is 0 Å². The van der Waals surface area contributed by atoms with Crippen LogP contribution >= 0.6 is 0 Å². The minimum Gasteiger partial charge on any atom is -0.253 e. The average Bonchev–Trinajstić information content (AvgIpc) is 2.27. The fraction of sp³-hybridized carbons (Fsp3) is 0.429. The number of benzene rings is 1. The van der Waals surface area contributed by atoms with Crippen LogP contribution in [0.3, 0.4) is 0 Å². The molecular weight excluding hydrogens is 196 g/mol. The highest BCUT2D eigenvalue weighted by Crippen LogP contribution is 2.20. The highest BCUT2D eigenvalue weighted by molar-refractivity contribution is 5.75. The van der Waals surface area contributed by atoms with Crippen molar-refractivity contribution >= 4 is 11.0 Å². The zero-order chi connectivity index (χ0) is 11.7. The van der Waals surface area contributed by atoms with Crippen LogP contribution in [0.15, 0.2) is 24.4 Å². The quantitative estimate of drug-likeness (QED) is 0.758. The molecule has 16 heavy (non-hydrogen) atoms. The number of hydrogen-bond donors (Lipinski definition) is 0. The summed E-state index contributed by atoms with van der Waals surface area (Å²) >= 11 is 0. The van der Waals surface area contributed by atoms with E-state index in [1.54, 1.807) is 0 Å². The Morgan fingerprint density at radius 1 is 0.938 bits per heavy atom. The van der Waals surface area contributed by atoms with Crippen molar-refractivity contribution in [1.82, 2.24) is 9.97 Å². The van der Waals surface area contributed by atoms with Crippen LogP contribution in [-0.4, -0.2) is 9.97 Å². The number of nitrogens with zero attached hydrogens (tertiary/aromatic N) is 2. The monoisotopic (exact) mass is 214 g/mol. The van der Waals surface area contributed by atoms with Gasteiger partial charge in [0.25, 0.3) is 0 Å². The molecule has 0 aliphatic carbocycles. The molecule has 0 N–H and O–H groups in total. The molecule has 2 nitrogen and oxygen atoms in total. The van der Waals surface area contributed by atoms with Crippen LogP contribution < -0.4 is 0 Å². The molecule has 0 saturated heterocycles. The summed E-state index contributed by atoms with van der Waals surface area (Å²) in [5.41, 5.74) is 4.38. The van der Waals surface area contributed by atoms with Gasteiger partial charge in [0, 0.05) is 6.20 Å². The van der Waals surface area contributed by atoms with E-state index in [4.69, 9.17) is 0 Å². The van der Waals surface area contributed by atoms with E-state index in [2.05, 4.69) is 55.9 Å². The average molecular weight is 214 g/mol. The lowest BCUT2D eigenvalue weighted by molar-refractivity contribution is 0.820. The van der Waals surface area contributed by atoms with E-state index in [0.717, 1.165) is 16.7 Å². The summed E-state index contributed by atoms with van der Waals surface area (Å²) in [4.78, 5) is 9.10. The second kappa shape index (κ2) is 4.20. The molecule has 0 unspecified atom stereocenters. The van der Waals surface area contributed by atoms with Crippen LogP contribution in [-0.2, 0) is 0 Å². The normalized spacial score (nSPS) is 11.6. The molecule has 0 saturated carbocycles. The molecule has 0 aliphatic rings. The molecule has 0 amide bonds. The number of fused-ring (bicyclic) bond motifs is 1. The Bertz CT molecular complexity index is 458. The van der Waals surface area contributed by atoms with Gasteiger partial charge in [-0.1, -0.05) is 33.8 Å². The second-order valence-corrected chi connectivity index (χ2v) is 4.85. The first-order chi connectivity index (χ1) is 7.58. The first-order valence-electron chi connectivity index (χ1n) is 5.84. The van der Waals surface area contributed by atoms with Gasteiger partial charge in [-0.2, -0.15) is 0 Å². The summed E-state index contributed by atoms with van der Waals surface area (Å²) in [6.07, 6.45) is 1.88. The largest absolute Gasteiger partial charge is 0.253 e. The maximum atomic E-state index is 4.66. The Morgan fingerprint density at radius 2 is 1.69 bits per heavy atom. The van der Waals surface area contributed by atoms with Crippen LogP contribution in [0.5, 0.6) is 0 Å². The number of hydrogen-bond acceptors (Lipinski definition) is 2. The van der Waals surface area contributed by atoms with Crippen LogP contribution in [0.25, 0.3) is 11.0 Å². The van der Waals surface area contributed by atoms with E-state index < -0.39 is 0 Å². The third-order valence-electron chi connectivity index (χ3n) is 2.84. The Labute approximate surface area is 96.7 Å². The molecule has 0 bridgehead atoms. The van der Waals surface area contributed by atoms with Crippen LogP contribution in [0, 0.1) is 0 Å². The zero-order valence-corrected chi connectivity index (χ0v) is 10.4. The van der Waals surface area contributed by atoms with Crippen LogP contribution in [0.2, 0.25) is 0 Å². The molecule has 0 atom stereocenters. The molecule has 84 valence electrons. The van der Waals surface area contributed by atoms with Crippen molar-refractivity contribution in [1.29, 1.82) is 0 Å². The molecule has 2 rings (SSSR count). The third kappa shape index (κ3) is 2.06. The molecule has 2 heteroatoms. The Morgan fingerprint density at radius 3 is 2.31 bits per heavy atom. The summed E-state index contributed by atoms with van der Waals surface area (Å²) in [7, 11) is 0. The van der Waals surface area contributed by atoms with Gasteiger partial charge in [-0.3, -0.25) is 4.98 Å². The summed E-state index contributed by atoms with van der Waals surface area (Å²) in [5, 5.41) is 0. The van der Waals surface area contributed by atoms with Crippen molar-refractivity contribution in [2.75, 3.05) is 0 Å². The number of aromatic nitrogens is 2. The van der Waals surface area contributed by atoms with Gasteiger partial charge in [0.15, 0.2) is 0 Å². The Hall–Kier alpha value is -1.44. The van der Waals surface area contributed by atoms with Gasteiger partial charge in [-0.25, -0.2) is 4.98 Å². The maximum Gasteiger partial charge on any atom is 0.0893 e. The van der Waals surface area contributed by atoms with Gasteiger partial charge >= 0.3 is 0 Å². The SMILES string of the molecule is CC(C)c1ccc2ncc(C(C)C)nc2c1. The standard InChI is InChI=1S/C14H18N2/c1-9(2)11-5-6-12-13(7-11)16-14(8-15-12)10(3)4/h5-10H,1-4H3. The van der Waals surface area contributed by atoms with Gasteiger partial charge in [0.1, 0.15) is 0 Å². The first-order valence-corrected chi connectivity index (χ1v) is 5.84. The van der Waals surface area contributed by atoms with E-state index in [0.29, 0.717) is 11.8 Å². The molecular formula is C14H18N2. The van der Waals surface area contributed by atoms with E-state index in [-0.39, 0.29) is 0 Å². The molecule has 0 aliphatic heterocycles. The lowest BCUT2D eigenvalue weighted by Crippen LogP contribution is -1.96. The molecule has 0 fully saturated rings. The van der Waals surface area contributed by atoms with Crippen molar-refractivity contribution in [2.24, 2.45) is 0 Å². The third-order valence-corrected chi connectivity index (χ3v) is 2.84. The lowest BCUT2D eigenvalue weighted by Gasteiger charge is -2.08. The smallest absolute Gasteiger partial charge is 0.0893 e.